The first-order valence-corrected chi connectivity index (χ1v) is 9.10. The van der Waals surface area contributed by atoms with Gasteiger partial charge in [-0.15, -0.1) is 5.11 Å². The van der Waals surface area contributed by atoms with E-state index >= 15 is 0 Å². The summed E-state index contributed by atoms with van der Waals surface area (Å²) in [6.45, 7) is 1.18. The van der Waals surface area contributed by atoms with E-state index in [0.29, 0.717) is 5.69 Å². The summed E-state index contributed by atoms with van der Waals surface area (Å²) >= 11 is 0. The Morgan fingerprint density at radius 2 is 1.90 bits per heavy atom. The number of nitriles is 1. The van der Waals surface area contributed by atoms with Crippen LogP contribution in [0.4, 0.5) is 11.4 Å². The van der Waals surface area contributed by atoms with Crippen molar-refractivity contribution in [3.05, 3.63) is 54.1 Å². The largest absolute Gasteiger partial charge is 0.508 e. The van der Waals surface area contributed by atoms with Gasteiger partial charge in [-0.05, 0) is 62.1 Å². The minimum atomic E-state index is -0.945. The minimum Gasteiger partial charge on any atom is -0.508 e. The first-order valence-electron chi connectivity index (χ1n) is 9.10. The topological polar surface area (TPSA) is 124 Å². The summed E-state index contributed by atoms with van der Waals surface area (Å²) in [5.41, 5.74) is -0.000170. The summed E-state index contributed by atoms with van der Waals surface area (Å²) in [5, 5.41) is 29.3. The lowest BCUT2D eigenvalue weighted by Crippen LogP contribution is -2.48. The minimum absolute atomic E-state index is 0.111. The Morgan fingerprint density at radius 1 is 1.21 bits per heavy atom. The van der Waals surface area contributed by atoms with Gasteiger partial charge < -0.3 is 15.2 Å². The van der Waals surface area contributed by atoms with Crippen molar-refractivity contribution in [2.24, 2.45) is 16.1 Å². The Labute approximate surface area is 167 Å². The summed E-state index contributed by atoms with van der Waals surface area (Å²) < 4.78 is 5.09. The van der Waals surface area contributed by atoms with E-state index in [2.05, 4.69) is 21.6 Å². The van der Waals surface area contributed by atoms with Gasteiger partial charge in [0.2, 0.25) is 0 Å². The normalized spacial score (nSPS) is 15.3. The predicted octanol–water partition coefficient (Wildman–Crippen LogP) is 3.77. The third kappa shape index (κ3) is 5.17. The van der Waals surface area contributed by atoms with Crippen molar-refractivity contribution in [2.45, 2.75) is 25.3 Å². The molecule has 0 aliphatic heterocycles. The standard InChI is InChI=1S/C21H20N4O4/c1-21(13-22,14-6-7-14)23-19(27)12-29-20(28)17-4-2-3-5-18(17)25-24-15-8-10-16(26)11-9-15/h2-5,8-11,14,26H,6-7,12H2,1H3,(H,23,27)/t21-/m0/s1. The number of carbonyl (C=O) groups is 2. The fourth-order valence-corrected chi connectivity index (χ4v) is 2.78. The maximum Gasteiger partial charge on any atom is 0.340 e. The molecule has 0 aromatic heterocycles. The number of ether oxygens (including phenoxy) is 1. The first-order chi connectivity index (χ1) is 13.9. The van der Waals surface area contributed by atoms with Crippen LogP contribution in [0.15, 0.2) is 58.8 Å². The van der Waals surface area contributed by atoms with E-state index in [0.717, 1.165) is 12.8 Å². The van der Waals surface area contributed by atoms with Crippen molar-refractivity contribution in [1.82, 2.24) is 5.32 Å². The van der Waals surface area contributed by atoms with Crippen molar-refractivity contribution in [3.8, 4) is 11.8 Å². The monoisotopic (exact) mass is 392 g/mol. The van der Waals surface area contributed by atoms with E-state index in [9.17, 15) is 20.0 Å². The molecular weight excluding hydrogens is 372 g/mol. The predicted molar refractivity (Wildman–Crippen MR) is 104 cm³/mol. The van der Waals surface area contributed by atoms with Crippen molar-refractivity contribution < 1.29 is 19.4 Å². The van der Waals surface area contributed by atoms with Gasteiger partial charge >= 0.3 is 5.97 Å². The highest BCUT2D eigenvalue weighted by molar-refractivity contribution is 5.96. The number of benzene rings is 2. The number of hydrogen-bond acceptors (Lipinski definition) is 7. The SMILES string of the molecule is C[C@@](C#N)(NC(=O)COC(=O)c1ccccc1N=Nc1ccc(O)cc1)C1CC1. The highest BCUT2D eigenvalue weighted by atomic mass is 16.5. The summed E-state index contributed by atoms with van der Waals surface area (Å²) in [7, 11) is 0. The molecule has 0 bridgehead atoms. The lowest BCUT2D eigenvalue weighted by Gasteiger charge is -2.22. The second kappa shape index (κ2) is 8.52. The molecule has 8 heteroatoms. The highest BCUT2D eigenvalue weighted by Crippen LogP contribution is 2.39. The second-order valence-corrected chi connectivity index (χ2v) is 6.95. The molecule has 1 aliphatic rings. The van der Waals surface area contributed by atoms with E-state index in [-0.39, 0.29) is 22.9 Å². The van der Waals surface area contributed by atoms with Gasteiger partial charge in [0.05, 0.1) is 17.3 Å². The van der Waals surface area contributed by atoms with Gasteiger partial charge in [-0.25, -0.2) is 4.79 Å². The lowest BCUT2D eigenvalue weighted by atomic mass is 9.98. The molecule has 2 aromatic carbocycles. The van der Waals surface area contributed by atoms with E-state index in [1.54, 1.807) is 37.3 Å². The number of aromatic hydroxyl groups is 1. The molecule has 148 valence electrons. The third-order valence-corrected chi connectivity index (χ3v) is 4.61. The molecule has 0 saturated heterocycles. The molecule has 2 N–H and O–H groups in total. The van der Waals surface area contributed by atoms with Gasteiger partial charge in [0.25, 0.3) is 5.91 Å². The van der Waals surface area contributed by atoms with Crippen LogP contribution in [0.25, 0.3) is 0 Å². The molecular formula is C21H20N4O4. The maximum absolute atomic E-state index is 12.4. The number of nitrogens with zero attached hydrogens (tertiary/aromatic N) is 3. The fraction of sp³-hybridized carbons (Fsp3) is 0.286. The van der Waals surface area contributed by atoms with E-state index in [4.69, 9.17) is 4.74 Å². The molecule has 29 heavy (non-hydrogen) atoms. The van der Waals surface area contributed by atoms with Crippen molar-refractivity contribution >= 4 is 23.3 Å². The van der Waals surface area contributed by atoms with Crippen LogP contribution in [-0.2, 0) is 9.53 Å². The summed E-state index contributed by atoms with van der Waals surface area (Å²) in [6, 6.07) is 14.7. The van der Waals surface area contributed by atoms with Gasteiger partial charge in [0.1, 0.15) is 17.0 Å². The molecule has 1 fully saturated rings. The Bertz CT molecular complexity index is 977. The van der Waals surface area contributed by atoms with Crippen molar-refractivity contribution in [1.29, 1.82) is 5.26 Å². The molecule has 1 amide bonds. The molecule has 8 nitrogen and oxygen atoms in total. The van der Waals surface area contributed by atoms with Gasteiger partial charge in [-0.1, -0.05) is 12.1 Å². The Morgan fingerprint density at radius 3 is 2.55 bits per heavy atom. The molecule has 1 aliphatic carbocycles. The quantitative estimate of drug-likeness (QED) is 0.548. The number of carbonyl (C=O) groups excluding carboxylic acids is 2. The number of phenols is 1. The maximum atomic E-state index is 12.4. The number of hydrogen-bond donors (Lipinski definition) is 2. The van der Waals surface area contributed by atoms with Crippen LogP contribution in [0.3, 0.4) is 0 Å². The summed E-state index contributed by atoms with van der Waals surface area (Å²) in [4.78, 5) is 24.5. The summed E-state index contributed by atoms with van der Waals surface area (Å²) in [5.74, 6) is -1.00. The molecule has 0 heterocycles. The molecule has 0 unspecified atom stereocenters. The van der Waals surface area contributed by atoms with Crippen LogP contribution >= 0.6 is 0 Å². The van der Waals surface area contributed by atoms with Crippen molar-refractivity contribution in [3.63, 3.8) is 0 Å². The zero-order chi connectivity index (χ0) is 20.9. The first kappa shape index (κ1) is 20.0. The van der Waals surface area contributed by atoms with Gasteiger partial charge in [-0.3, -0.25) is 4.79 Å². The zero-order valence-electron chi connectivity index (χ0n) is 15.8. The number of azo groups is 1. The highest BCUT2D eigenvalue weighted by Gasteiger charge is 2.43. The smallest absolute Gasteiger partial charge is 0.340 e. The average molecular weight is 392 g/mol. The van der Waals surface area contributed by atoms with E-state index in [1.807, 2.05) is 0 Å². The Hall–Kier alpha value is -3.73. The number of phenolic OH excluding ortho intramolecular Hbond substituents is 1. The van der Waals surface area contributed by atoms with Gasteiger partial charge in [0, 0.05) is 0 Å². The second-order valence-electron chi connectivity index (χ2n) is 6.95. The number of rotatable bonds is 7. The third-order valence-electron chi connectivity index (χ3n) is 4.61. The molecule has 3 rings (SSSR count). The number of nitrogens with one attached hydrogen (secondary N) is 1. The van der Waals surface area contributed by atoms with E-state index < -0.39 is 24.0 Å². The summed E-state index contributed by atoms with van der Waals surface area (Å²) in [6.07, 6.45) is 1.78. The molecule has 0 spiro atoms. The van der Waals surface area contributed by atoms with Crippen LogP contribution in [0, 0.1) is 17.2 Å². The van der Waals surface area contributed by atoms with Gasteiger partial charge in [-0.2, -0.15) is 10.4 Å². The zero-order valence-corrected chi connectivity index (χ0v) is 15.8. The van der Waals surface area contributed by atoms with Crippen LogP contribution in [-0.4, -0.2) is 29.1 Å². The molecule has 1 atom stereocenters. The number of esters is 1. The van der Waals surface area contributed by atoms with Crippen LogP contribution < -0.4 is 5.32 Å². The molecule has 2 aromatic rings. The lowest BCUT2D eigenvalue weighted by molar-refractivity contribution is -0.125. The number of amides is 1. The Kier molecular flexibility index (Phi) is 5.88. The molecule has 0 radical (unpaired) electrons. The van der Waals surface area contributed by atoms with Gasteiger partial charge in [0.15, 0.2) is 6.61 Å². The van der Waals surface area contributed by atoms with Crippen molar-refractivity contribution in [2.75, 3.05) is 6.61 Å². The average Bonchev–Trinajstić information content (AvgIpc) is 3.58. The molecule has 1 saturated carbocycles. The Balaban J connectivity index is 1.63. The van der Waals surface area contributed by atoms with E-state index in [1.165, 1.54) is 18.2 Å². The fourth-order valence-electron chi connectivity index (χ4n) is 2.78. The van der Waals surface area contributed by atoms with Crippen LogP contribution in [0.1, 0.15) is 30.1 Å². The van der Waals surface area contributed by atoms with Crippen LogP contribution in [0.2, 0.25) is 0 Å². The van der Waals surface area contributed by atoms with Crippen LogP contribution in [0.5, 0.6) is 5.75 Å².